The fourth-order valence-corrected chi connectivity index (χ4v) is 2.78. The first-order chi connectivity index (χ1) is 10.8. The molecule has 1 saturated heterocycles. The van der Waals surface area contributed by atoms with Gasteiger partial charge >= 0.3 is 0 Å². The quantitative estimate of drug-likeness (QED) is 0.930. The Hall–Kier alpha value is -1.75. The number of piperazine rings is 1. The number of rotatable bonds is 4. The van der Waals surface area contributed by atoms with Gasteiger partial charge in [0, 0.05) is 44.6 Å². The van der Waals surface area contributed by atoms with Crippen molar-refractivity contribution in [2.24, 2.45) is 0 Å². The predicted molar refractivity (Wildman–Crippen MR) is 94.1 cm³/mol. The average molecular weight is 334 g/mol. The maximum absolute atomic E-state index is 12.9. The second kappa shape index (κ2) is 8.77. The molecule has 23 heavy (non-hydrogen) atoms. The Kier molecular flexibility index (Phi) is 6.71. The molecule has 1 aromatic heterocycles. The smallest absolute Gasteiger partial charge is 0.123 e. The molecule has 1 fully saturated rings. The SMILES string of the molecule is Cl.Fc1ccc(/C=C/CN2CCNCC2c2ccncc2)cc1. The zero-order valence-corrected chi connectivity index (χ0v) is 13.7. The molecule has 0 bridgehead atoms. The Bertz CT molecular complexity index is 616. The molecule has 2 aromatic rings. The van der Waals surface area contributed by atoms with Gasteiger partial charge in [0.1, 0.15) is 5.82 Å². The molecule has 1 unspecified atom stereocenters. The third-order valence-corrected chi connectivity index (χ3v) is 3.97. The molecule has 1 N–H and O–H groups in total. The minimum absolute atomic E-state index is 0. The predicted octanol–water partition coefficient (Wildman–Crippen LogP) is 3.30. The average Bonchev–Trinajstić information content (AvgIpc) is 2.58. The van der Waals surface area contributed by atoms with Gasteiger partial charge in [-0.25, -0.2) is 4.39 Å². The molecular weight excluding hydrogens is 313 g/mol. The lowest BCUT2D eigenvalue weighted by molar-refractivity contribution is 0.180. The highest BCUT2D eigenvalue weighted by atomic mass is 35.5. The molecule has 2 heterocycles. The van der Waals surface area contributed by atoms with Gasteiger partial charge in [0.25, 0.3) is 0 Å². The summed E-state index contributed by atoms with van der Waals surface area (Å²) in [6.07, 6.45) is 7.88. The molecule has 0 saturated carbocycles. The molecule has 0 radical (unpaired) electrons. The monoisotopic (exact) mass is 333 g/mol. The van der Waals surface area contributed by atoms with Crippen LogP contribution in [0.25, 0.3) is 6.08 Å². The van der Waals surface area contributed by atoms with E-state index in [0.29, 0.717) is 6.04 Å². The fraction of sp³-hybridized carbons (Fsp3) is 0.278. The van der Waals surface area contributed by atoms with Gasteiger partial charge in [0.2, 0.25) is 0 Å². The van der Waals surface area contributed by atoms with E-state index in [9.17, 15) is 4.39 Å². The largest absolute Gasteiger partial charge is 0.314 e. The summed E-state index contributed by atoms with van der Waals surface area (Å²) < 4.78 is 12.9. The van der Waals surface area contributed by atoms with E-state index in [1.807, 2.05) is 18.5 Å². The van der Waals surface area contributed by atoms with E-state index in [0.717, 1.165) is 31.7 Å². The Balaban J connectivity index is 0.00000192. The minimum atomic E-state index is -0.197. The van der Waals surface area contributed by atoms with Crippen LogP contribution in [0.15, 0.2) is 54.9 Å². The van der Waals surface area contributed by atoms with Gasteiger partial charge in [0.15, 0.2) is 0 Å². The van der Waals surface area contributed by atoms with Crippen molar-refractivity contribution < 1.29 is 4.39 Å². The number of hydrogen-bond acceptors (Lipinski definition) is 3. The lowest BCUT2D eigenvalue weighted by atomic mass is 10.0. The highest BCUT2D eigenvalue weighted by Crippen LogP contribution is 2.21. The Morgan fingerprint density at radius 3 is 2.65 bits per heavy atom. The fourth-order valence-electron chi connectivity index (χ4n) is 2.78. The maximum Gasteiger partial charge on any atom is 0.123 e. The van der Waals surface area contributed by atoms with Crippen LogP contribution in [0.1, 0.15) is 17.2 Å². The van der Waals surface area contributed by atoms with Crippen LogP contribution < -0.4 is 5.32 Å². The molecule has 0 amide bonds. The molecule has 1 aliphatic heterocycles. The van der Waals surface area contributed by atoms with Crippen molar-refractivity contribution in [2.45, 2.75) is 6.04 Å². The van der Waals surface area contributed by atoms with Crippen LogP contribution in [0, 0.1) is 5.82 Å². The highest BCUT2D eigenvalue weighted by Gasteiger charge is 2.22. The van der Waals surface area contributed by atoms with E-state index in [4.69, 9.17) is 0 Å². The lowest BCUT2D eigenvalue weighted by Gasteiger charge is -2.35. The van der Waals surface area contributed by atoms with Gasteiger partial charge in [-0.2, -0.15) is 0 Å². The molecule has 1 atom stereocenters. The summed E-state index contributed by atoms with van der Waals surface area (Å²) in [5.41, 5.74) is 2.31. The number of benzene rings is 1. The van der Waals surface area contributed by atoms with Crippen LogP contribution in [0.5, 0.6) is 0 Å². The van der Waals surface area contributed by atoms with E-state index in [1.54, 1.807) is 12.1 Å². The first-order valence-electron chi connectivity index (χ1n) is 7.60. The third-order valence-electron chi connectivity index (χ3n) is 3.97. The molecule has 5 heteroatoms. The van der Waals surface area contributed by atoms with Gasteiger partial charge in [0.05, 0.1) is 0 Å². The number of halogens is 2. The number of aromatic nitrogens is 1. The standard InChI is InChI=1S/C18H20FN3.ClH/c19-17-5-3-15(4-6-17)2-1-12-22-13-11-21-14-18(22)16-7-9-20-10-8-16;/h1-10,18,21H,11-14H2;1H/b2-1+;. The van der Waals surface area contributed by atoms with Crippen LogP contribution >= 0.6 is 12.4 Å². The number of nitrogens with one attached hydrogen (secondary N) is 1. The zero-order chi connectivity index (χ0) is 15.2. The molecule has 3 nitrogen and oxygen atoms in total. The molecule has 1 aliphatic rings. The van der Waals surface area contributed by atoms with Gasteiger partial charge in [-0.3, -0.25) is 9.88 Å². The van der Waals surface area contributed by atoms with Crippen molar-refractivity contribution in [1.82, 2.24) is 15.2 Å². The molecule has 0 spiro atoms. The number of pyridine rings is 1. The van der Waals surface area contributed by atoms with Crippen molar-refractivity contribution in [1.29, 1.82) is 0 Å². The Morgan fingerprint density at radius 2 is 1.91 bits per heavy atom. The topological polar surface area (TPSA) is 28.2 Å². The van der Waals surface area contributed by atoms with E-state index in [2.05, 4.69) is 33.4 Å². The van der Waals surface area contributed by atoms with Crippen molar-refractivity contribution in [2.75, 3.05) is 26.2 Å². The van der Waals surface area contributed by atoms with Crippen LogP contribution in [-0.2, 0) is 0 Å². The van der Waals surface area contributed by atoms with E-state index in [1.165, 1.54) is 17.7 Å². The van der Waals surface area contributed by atoms with Crippen molar-refractivity contribution in [3.63, 3.8) is 0 Å². The van der Waals surface area contributed by atoms with Crippen molar-refractivity contribution in [3.05, 3.63) is 71.8 Å². The van der Waals surface area contributed by atoms with Gasteiger partial charge in [-0.15, -0.1) is 12.4 Å². The summed E-state index contributed by atoms with van der Waals surface area (Å²) in [4.78, 5) is 6.54. The molecule has 0 aliphatic carbocycles. The summed E-state index contributed by atoms with van der Waals surface area (Å²) in [7, 11) is 0. The van der Waals surface area contributed by atoms with Crippen molar-refractivity contribution >= 4 is 18.5 Å². The zero-order valence-electron chi connectivity index (χ0n) is 12.9. The maximum atomic E-state index is 12.9. The van der Waals surface area contributed by atoms with Crippen LogP contribution in [0.2, 0.25) is 0 Å². The minimum Gasteiger partial charge on any atom is -0.314 e. The third kappa shape index (κ3) is 4.86. The lowest BCUT2D eigenvalue weighted by Crippen LogP contribution is -2.45. The van der Waals surface area contributed by atoms with Gasteiger partial charge < -0.3 is 5.32 Å². The van der Waals surface area contributed by atoms with Crippen LogP contribution in [0.4, 0.5) is 4.39 Å². The highest BCUT2D eigenvalue weighted by molar-refractivity contribution is 5.85. The number of hydrogen-bond donors (Lipinski definition) is 1. The molecule has 1 aromatic carbocycles. The normalized spacial score (nSPS) is 18.7. The van der Waals surface area contributed by atoms with E-state index >= 15 is 0 Å². The Morgan fingerprint density at radius 1 is 1.17 bits per heavy atom. The van der Waals surface area contributed by atoms with E-state index in [-0.39, 0.29) is 18.2 Å². The molecule has 122 valence electrons. The number of nitrogens with zero attached hydrogens (tertiary/aromatic N) is 2. The summed E-state index contributed by atoms with van der Waals surface area (Å²) in [5.74, 6) is -0.197. The summed E-state index contributed by atoms with van der Waals surface area (Å²) in [6.45, 7) is 3.85. The molecular formula is C18H21ClFN3. The molecule has 3 rings (SSSR count). The second-order valence-corrected chi connectivity index (χ2v) is 5.45. The van der Waals surface area contributed by atoms with Gasteiger partial charge in [-0.1, -0.05) is 24.3 Å². The van der Waals surface area contributed by atoms with Crippen LogP contribution in [0.3, 0.4) is 0 Å². The van der Waals surface area contributed by atoms with Gasteiger partial charge in [-0.05, 0) is 35.4 Å². The Labute approximate surface area is 142 Å². The summed E-state index contributed by atoms with van der Waals surface area (Å²) in [5, 5.41) is 3.45. The first kappa shape index (κ1) is 17.6. The second-order valence-electron chi connectivity index (χ2n) is 5.45. The van der Waals surface area contributed by atoms with Crippen molar-refractivity contribution in [3.8, 4) is 0 Å². The van der Waals surface area contributed by atoms with E-state index < -0.39 is 0 Å². The summed E-state index contributed by atoms with van der Waals surface area (Å²) >= 11 is 0. The van der Waals surface area contributed by atoms with Crippen LogP contribution in [-0.4, -0.2) is 36.1 Å². The summed E-state index contributed by atoms with van der Waals surface area (Å²) in [6, 6.07) is 11.1. The first-order valence-corrected chi connectivity index (χ1v) is 7.60.